The molecule has 1 amide bonds. The minimum absolute atomic E-state index is 0.145. The number of amides is 1. The molecule has 152 valence electrons. The van der Waals surface area contributed by atoms with Crippen LogP contribution in [0.4, 0.5) is 0 Å². The van der Waals surface area contributed by atoms with Gasteiger partial charge < -0.3 is 14.8 Å². The second kappa shape index (κ2) is 9.58. The van der Waals surface area contributed by atoms with Gasteiger partial charge in [0.05, 0.1) is 28.7 Å². The Hall–Kier alpha value is -2.83. The molecule has 1 N–H and O–H groups in total. The van der Waals surface area contributed by atoms with E-state index in [-0.39, 0.29) is 5.91 Å². The van der Waals surface area contributed by atoms with Gasteiger partial charge in [-0.3, -0.25) is 4.79 Å². The second-order valence-electron chi connectivity index (χ2n) is 6.61. The van der Waals surface area contributed by atoms with Crippen LogP contribution in [0.5, 0.6) is 5.75 Å². The lowest BCUT2D eigenvalue weighted by Gasteiger charge is -2.09. The van der Waals surface area contributed by atoms with E-state index in [1.165, 1.54) is 0 Å². The highest BCUT2D eigenvalue weighted by molar-refractivity contribution is 6.31. The minimum atomic E-state index is -0.145. The Labute approximate surface area is 175 Å². The Morgan fingerprint density at radius 2 is 1.90 bits per heavy atom. The van der Waals surface area contributed by atoms with E-state index in [2.05, 4.69) is 10.4 Å². The molecule has 2 aromatic carbocycles. The molecular formula is C22H24ClN3O3. The van der Waals surface area contributed by atoms with Gasteiger partial charge in [0.1, 0.15) is 12.4 Å². The van der Waals surface area contributed by atoms with Crippen molar-refractivity contribution in [2.24, 2.45) is 0 Å². The lowest BCUT2D eigenvalue weighted by molar-refractivity contribution is 0.0951. The highest BCUT2D eigenvalue weighted by atomic mass is 35.5. The maximum Gasteiger partial charge on any atom is 0.251 e. The molecule has 3 rings (SSSR count). The molecule has 29 heavy (non-hydrogen) atoms. The first kappa shape index (κ1) is 20.9. The number of rotatable bonds is 8. The standard InChI is InChI=1S/C22H24ClN3O3/c1-15-21(23)16(2)26(25-15)19-9-7-18(8-10-19)22(27)24-14-17-5-4-6-20(13-17)29-12-11-28-3/h4-10,13H,11-12,14H2,1-3H3,(H,24,27). The molecule has 3 aromatic rings. The quantitative estimate of drug-likeness (QED) is 0.565. The van der Waals surface area contributed by atoms with Crippen LogP contribution >= 0.6 is 11.6 Å². The number of ether oxygens (including phenoxy) is 2. The Morgan fingerprint density at radius 3 is 2.55 bits per heavy atom. The summed E-state index contributed by atoms with van der Waals surface area (Å²) in [6, 6.07) is 14.9. The largest absolute Gasteiger partial charge is 0.491 e. The summed E-state index contributed by atoms with van der Waals surface area (Å²) < 4.78 is 12.3. The first-order chi connectivity index (χ1) is 14.0. The van der Waals surface area contributed by atoms with E-state index in [9.17, 15) is 4.79 Å². The van der Waals surface area contributed by atoms with Crippen molar-refractivity contribution >= 4 is 17.5 Å². The second-order valence-corrected chi connectivity index (χ2v) is 6.99. The number of hydrogen-bond acceptors (Lipinski definition) is 4. The zero-order valence-corrected chi connectivity index (χ0v) is 17.5. The normalized spacial score (nSPS) is 10.8. The van der Waals surface area contributed by atoms with E-state index < -0.39 is 0 Å². The summed E-state index contributed by atoms with van der Waals surface area (Å²) >= 11 is 6.21. The predicted octanol–water partition coefficient (Wildman–Crippen LogP) is 4.10. The van der Waals surface area contributed by atoms with E-state index in [1.807, 2.05) is 50.2 Å². The summed E-state index contributed by atoms with van der Waals surface area (Å²) in [5, 5.41) is 8.01. The fraction of sp³-hybridized carbons (Fsp3) is 0.273. The number of nitrogens with zero attached hydrogens (tertiary/aromatic N) is 2. The molecule has 0 saturated heterocycles. The van der Waals surface area contributed by atoms with Gasteiger partial charge in [0.15, 0.2) is 0 Å². The number of aromatic nitrogens is 2. The number of carbonyl (C=O) groups is 1. The lowest BCUT2D eigenvalue weighted by atomic mass is 10.1. The van der Waals surface area contributed by atoms with Crippen LogP contribution in [-0.4, -0.2) is 36.0 Å². The molecule has 0 aliphatic rings. The van der Waals surface area contributed by atoms with E-state index >= 15 is 0 Å². The Kier molecular flexibility index (Phi) is 6.90. The van der Waals surface area contributed by atoms with Gasteiger partial charge in [-0.15, -0.1) is 0 Å². The van der Waals surface area contributed by atoms with Crippen molar-refractivity contribution in [1.29, 1.82) is 0 Å². The van der Waals surface area contributed by atoms with Gasteiger partial charge in [-0.05, 0) is 55.8 Å². The van der Waals surface area contributed by atoms with Crippen LogP contribution in [0.1, 0.15) is 27.3 Å². The molecule has 1 aromatic heterocycles. The Bertz CT molecular complexity index is 983. The zero-order valence-electron chi connectivity index (χ0n) is 16.7. The first-order valence-corrected chi connectivity index (χ1v) is 9.68. The third kappa shape index (κ3) is 5.16. The smallest absolute Gasteiger partial charge is 0.251 e. The van der Waals surface area contributed by atoms with Crippen LogP contribution in [0, 0.1) is 13.8 Å². The van der Waals surface area contributed by atoms with Crippen molar-refractivity contribution in [2.75, 3.05) is 20.3 Å². The molecule has 0 atom stereocenters. The monoisotopic (exact) mass is 413 g/mol. The predicted molar refractivity (Wildman–Crippen MR) is 113 cm³/mol. The molecule has 0 aliphatic carbocycles. The van der Waals surface area contributed by atoms with Crippen LogP contribution in [0.15, 0.2) is 48.5 Å². The van der Waals surface area contributed by atoms with Crippen molar-refractivity contribution in [3.63, 3.8) is 0 Å². The third-order valence-corrected chi connectivity index (χ3v) is 5.03. The number of carbonyl (C=O) groups excluding carboxylic acids is 1. The maximum atomic E-state index is 12.5. The van der Waals surface area contributed by atoms with Gasteiger partial charge in [-0.25, -0.2) is 4.68 Å². The average Bonchev–Trinajstić information content (AvgIpc) is 3.00. The van der Waals surface area contributed by atoms with Gasteiger partial charge in [0.25, 0.3) is 5.91 Å². The fourth-order valence-electron chi connectivity index (χ4n) is 2.90. The number of aryl methyl sites for hydroxylation is 1. The molecule has 0 aliphatic heterocycles. The molecule has 0 radical (unpaired) electrons. The topological polar surface area (TPSA) is 65.4 Å². The van der Waals surface area contributed by atoms with Crippen molar-refractivity contribution in [2.45, 2.75) is 20.4 Å². The third-order valence-electron chi connectivity index (χ3n) is 4.48. The lowest BCUT2D eigenvalue weighted by Crippen LogP contribution is -2.22. The highest BCUT2D eigenvalue weighted by Gasteiger charge is 2.12. The molecule has 6 nitrogen and oxygen atoms in total. The molecule has 0 fully saturated rings. The number of benzene rings is 2. The van der Waals surface area contributed by atoms with E-state index in [0.717, 1.165) is 28.4 Å². The van der Waals surface area contributed by atoms with Gasteiger partial charge in [-0.1, -0.05) is 23.7 Å². The van der Waals surface area contributed by atoms with Crippen molar-refractivity contribution in [3.8, 4) is 11.4 Å². The van der Waals surface area contributed by atoms with Crippen LogP contribution in [-0.2, 0) is 11.3 Å². The molecule has 0 spiro atoms. The van der Waals surface area contributed by atoms with E-state index in [1.54, 1.807) is 23.9 Å². The number of hydrogen-bond donors (Lipinski definition) is 1. The molecular weight excluding hydrogens is 390 g/mol. The number of methoxy groups -OCH3 is 1. The number of halogens is 1. The highest BCUT2D eigenvalue weighted by Crippen LogP contribution is 2.22. The molecule has 0 bridgehead atoms. The summed E-state index contributed by atoms with van der Waals surface area (Å²) in [7, 11) is 1.63. The van der Waals surface area contributed by atoms with Crippen LogP contribution in [0.25, 0.3) is 5.69 Å². The van der Waals surface area contributed by atoms with Crippen LogP contribution in [0.2, 0.25) is 5.02 Å². The van der Waals surface area contributed by atoms with Crippen LogP contribution < -0.4 is 10.1 Å². The fourth-order valence-corrected chi connectivity index (χ4v) is 3.02. The molecule has 0 saturated carbocycles. The van der Waals surface area contributed by atoms with Crippen molar-refractivity contribution in [3.05, 3.63) is 76.1 Å². The van der Waals surface area contributed by atoms with Gasteiger partial charge in [0, 0.05) is 19.2 Å². The zero-order chi connectivity index (χ0) is 20.8. The van der Waals surface area contributed by atoms with Gasteiger partial charge >= 0.3 is 0 Å². The number of nitrogens with one attached hydrogen (secondary N) is 1. The Balaban J connectivity index is 1.61. The van der Waals surface area contributed by atoms with E-state index in [4.69, 9.17) is 21.1 Å². The average molecular weight is 414 g/mol. The summed E-state index contributed by atoms with van der Waals surface area (Å²) in [5.74, 6) is 0.607. The van der Waals surface area contributed by atoms with Crippen molar-refractivity contribution in [1.82, 2.24) is 15.1 Å². The maximum absolute atomic E-state index is 12.5. The molecule has 7 heteroatoms. The van der Waals surface area contributed by atoms with Gasteiger partial charge in [0.2, 0.25) is 0 Å². The van der Waals surface area contributed by atoms with E-state index in [0.29, 0.717) is 30.3 Å². The summed E-state index contributed by atoms with van der Waals surface area (Å²) in [6.45, 7) is 5.20. The van der Waals surface area contributed by atoms with Crippen molar-refractivity contribution < 1.29 is 14.3 Å². The minimum Gasteiger partial charge on any atom is -0.491 e. The Morgan fingerprint density at radius 1 is 1.14 bits per heavy atom. The summed E-state index contributed by atoms with van der Waals surface area (Å²) in [6.07, 6.45) is 0. The van der Waals surface area contributed by atoms with Gasteiger partial charge in [-0.2, -0.15) is 5.10 Å². The summed E-state index contributed by atoms with van der Waals surface area (Å²) in [4.78, 5) is 12.5. The molecule has 1 heterocycles. The molecule has 0 unspecified atom stereocenters. The first-order valence-electron chi connectivity index (χ1n) is 9.30. The summed E-state index contributed by atoms with van der Waals surface area (Å²) in [5.41, 5.74) is 4.04. The SMILES string of the molecule is COCCOc1cccc(CNC(=O)c2ccc(-n3nc(C)c(Cl)c3C)cc2)c1. The van der Waals surface area contributed by atoms with Crippen LogP contribution in [0.3, 0.4) is 0 Å².